The van der Waals surface area contributed by atoms with E-state index in [1.54, 1.807) is 0 Å². The maximum atomic E-state index is 9.35. The zero-order valence-corrected chi connectivity index (χ0v) is 6.95. The number of hydrogen-bond donors (Lipinski definition) is 1. The summed E-state index contributed by atoms with van der Waals surface area (Å²) in [5, 5.41) is 9.35. The molecule has 1 saturated heterocycles. The Labute approximate surface area is 67.3 Å². The average Bonchev–Trinajstić information content (AvgIpc) is 2.03. The molecule has 0 radical (unpaired) electrons. The van der Waals surface area contributed by atoms with Gasteiger partial charge in [-0.25, -0.2) is 0 Å². The Balaban J connectivity index is 2.18. The maximum Gasteiger partial charge on any atom is 0.183 e. The predicted octanol–water partition coefficient (Wildman–Crippen LogP) is 0.910. The minimum Gasteiger partial charge on any atom is -0.388 e. The first-order chi connectivity index (χ1) is 5.34. The third-order valence-electron chi connectivity index (χ3n) is 1.73. The molecule has 0 aromatic carbocycles. The summed E-state index contributed by atoms with van der Waals surface area (Å²) in [5.41, 5.74) is 0. The SMILES string of the molecule is CCCO[C@@H]1OCCCC1O. The van der Waals surface area contributed by atoms with Crippen molar-refractivity contribution < 1.29 is 14.6 Å². The molecule has 0 aliphatic carbocycles. The highest BCUT2D eigenvalue weighted by Crippen LogP contribution is 2.14. The molecule has 1 rings (SSSR count). The Kier molecular flexibility index (Phi) is 3.83. The summed E-state index contributed by atoms with van der Waals surface area (Å²) < 4.78 is 10.5. The van der Waals surface area contributed by atoms with Crippen LogP contribution >= 0.6 is 0 Å². The quantitative estimate of drug-likeness (QED) is 0.667. The van der Waals surface area contributed by atoms with E-state index < -0.39 is 6.10 Å². The smallest absolute Gasteiger partial charge is 0.183 e. The molecule has 3 heteroatoms. The number of aliphatic hydroxyl groups is 1. The van der Waals surface area contributed by atoms with Gasteiger partial charge in [-0.2, -0.15) is 0 Å². The predicted molar refractivity (Wildman–Crippen MR) is 41.2 cm³/mol. The monoisotopic (exact) mass is 160 g/mol. The Morgan fingerprint density at radius 2 is 2.45 bits per heavy atom. The van der Waals surface area contributed by atoms with Gasteiger partial charge in [-0.15, -0.1) is 0 Å². The Morgan fingerprint density at radius 3 is 3.09 bits per heavy atom. The van der Waals surface area contributed by atoms with E-state index in [-0.39, 0.29) is 6.29 Å². The molecule has 1 N–H and O–H groups in total. The van der Waals surface area contributed by atoms with Gasteiger partial charge in [0.05, 0.1) is 0 Å². The van der Waals surface area contributed by atoms with E-state index in [1.165, 1.54) is 0 Å². The van der Waals surface area contributed by atoms with Crippen LogP contribution in [0.1, 0.15) is 26.2 Å². The molecule has 0 saturated carbocycles. The summed E-state index contributed by atoms with van der Waals surface area (Å²) in [6.07, 6.45) is 1.91. The summed E-state index contributed by atoms with van der Waals surface area (Å²) in [7, 11) is 0. The molecule has 3 nitrogen and oxygen atoms in total. The van der Waals surface area contributed by atoms with E-state index in [2.05, 4.69) is 0 Å². The van der Waals surface area contributed by atoms with Crippen molar-refractivity contribution in [3.05, 3.63) is 0 Å². The van der Waals surface area contributed by atoms with E-state index in [4.69, 9.17) is 9.47 Å². The highest BCUT2D eigenvalue weighted by Gasteiger charge is 2.23. The first-order valence-electron chi connectivity index (χ1n) is 4.26. The third kappa shape index (κ3) is 2.77. The van der Waals surface area contributed by atoms with Crippen LogP contribution in [0.25, 0.3) is 0 Å². The van der Waals surface area contributed by atoms with Crippen LogP contribution in [0.4, 0.5) is 0 Å². The van der Waals surface area contributed by atoms with Crippen molar-refractivity contribution in [2.24, 2.45) is 0 Å². The summed E-state index contributed by atoms with van der Waals surface area (Å²) in [6.45, 7) is 3.42. The van der Waals surface area contributed by atoms with Gasteiger partial charge >= 0.3 is 0 Å². The summed E-state index contributed by atoms with van der Waals surface area (Å²) in [6, 6.07) is 0. The van der Waals surface area contributed by atoms with E-state index in [0.717, 1.165) is 19.3 Å². The van der Waals surface area contributed by atoms with Gasteiger partial charge in [0.15, 0.2) is 6.29 Å². The van der Waals surface area contributed by atoms with E-state index >= 15 is 0 Å². The number of rotatable bonds is 3. The molecule has 1 fully saturated rings. The van der Waals surface area contributed by atoms with Gasteiger partial charge in [0.1, 0.15) is 6.10 Å². The zero-order chi connectivity index (χ0) is 8.10. The first-order valence-corrected chi connectivity index (χ1v) is 4.26. The van der Waals surface area contributed by atoms with Crippen LogP contribution in [0.5, 0.6) is 0 Å². The molecule has 1 aliphatic rings. The maximum absolute atomic E-state index is 9.35. The Bertz CT molecular complexity index is 106. The van der Waals surface area contributed by atoms with Crippen molar-refractivity contribution in [3.8, 4) is 0 Å². The number of ether oxygens (including phenoxy) is 2. The summed E-state index contributed by atoms with van der Waals surface area (Å²) in [4.78, 5) is 0. The largest absolute Gasteiger partial charge is 0.388 e. The van der Waals surface area contributed by atoms with Crippen LogP contribution in [-0.4, -0.2) is 30.7 Å². The van der Waals surface area contributed by atoms with Crippen molar-refractivity contribution in [2.45, 2.75) is 38.6 Å². The van der Waals surface area contributed by atoms with Gasteiger partial charge in [-0.1, -0.05) is 6.92 Å². The van der Waals surface area contributed by atoms with E-state index in [0.29, 0.717) is 13.2 Å². The molecular formula is C8H16O3. The van der Waals surface area contributed by atoms with Crippen molar-refractivity contribution in [2.75, 3.05) is 13.2 Å². The van der Waals surface area contributed by atoms with E-state index in [1.807, 2.05) is 6.92 Å². The van der Waals surface area contributed by atoms with Gasteiger partial charge in [-0.05, 0) is 19.3 Å². The molecule has 1 aliphatic heterocycles. The lowest BCUT2D eigenvalue weighted by Crippen LogP contribution is -2.36. The highest BCUT2D eigenvalue weighted by atomic mass is 16.7. The lowest BCUT2D eigenvalue weighted by Gasteiger charge is -2.27. The molecule has 66 valence electrons. The van der Waals surface area contributed by atoms with Crippen LogP contribution in [0, 0.1) is 0 Å². The average molecular weight is 160 g/mol. The summed E-state index contributed by atoms with van der Waals surface area (Å²) >= 11 is 0. The van der Waals surface area contributed by atoms with Crippen molar-refractivity contribution in [1.82, 2.24) is 0 Å². The number of aliphatic hydroxyl groups excluding tert-OH is 1. The molecule has 0 aromatic rings. The molecular weight excluding hydrogens is 144 g/mol. The highest BCUT2D eigenvalue weighted by molar-refractivity contribution is 4.65. The van der Waals surface area contributed by atoms with Crippen LogP contribution in [0.15, 0.2) is 0 Å². The topological polar surface area (TPSA) is 38.7 Å². The van der Waals surface area contributed by atoms with Crippen molar-refractivity contribution in [1.29, 1.82) is 0 Å². The van der Waals surface area contributed by atoms with Crippen LogP contribution < -0.4 is 0 Å². The molecule has 0 amide bonds. The second-order valence-corrected chi connectivity index (χ2v) is 2.82. The third-order valence-corrected chi connectivity index (χ3v) is 1.73. The molecule has 0 spiro atoms. The van der Waals surface area contributed by atoms with Crippen molar-refractivity contribution >= 4 is 0 Å². The minimum atomic E-state index is -0.421. The fourth-order valence-electron chi connectivity index (χ4n) is 1.13. The standard InChI is InChI=1S/C8H16O3/c1-2-5-10-8-7(9)4-3-6-11-8/h7-9H,2-6H2,1H3/t7?,8-/m1/s1. The molecule has 0 bridgehead atoms. The van der Waals surface area contributed by atoms with Crippen LogP contribution in [-0.2, 0) is 9.47 Å². The molecule has 0 aromatic heterocycles. The first kappa shape index (κ1) is 8.97. The Hall–Kier alpha value is -0.120. The van der Waals surface area contributed by atoms with Gasteiger partial charge in [0.25, 0.3) is 0 Å². The second kappa shape index (κ2) is 4.70. The van der Waals surface area contributed by atoms with Crippen LogP contribution in [0.3, 0.4) is 0 Å². The van der Waals surface area contributed by atoms with Gasteiger partial charge in [-0.3, -0.25) is 0 Å². The fraction of sp³-hybridized carbons (Fsp3) is 1.00. The summed E-state index contributed by atoms with van der Waals surface area (Å²) in [5.74, 6) is 0. The minimum absolute atomic E-state index is 0.372. The molecule has 1 heterocycles. The number of hydrogen-bond acceptors (Lipinski definition) is 3. The van der Waals surface area contributed by atoms with Gasteiger partial charge < -0.3 is 14.6 Å². The van der Waals surface area contributed by atoms with Gasteiger partial charge in [0.2, 0.25) is 0 Å². The van der Waals surface area contributed by atoms with Crippen LogP contribution in [0.2, 0.25) is 0 Å². The van der Waals surface area contributed by atoms with Gasteiger partial charge in [0, 0.05) is 13.2 Å². The molecule has 11 heavy (non-hydrogen) atoms. The Morgan fingerprint density at radius 1 is 1.64 bits per heavy atom. The zero-order valence-electron chi connectivity index (χ0n) is 6.95. The fourth-order valence-corrected chi connectivity index (χ4v) is 1.13. The van der Waals surface area contributed by atoms with E-state index in [9.17, 15) is 5.11 Å². The van der Waals surface area contributed by atoms with Crippen molar-refractivity contribution in [3.63, 3.8) is 0 Å². The normalized spacial score (nSPS) is 32.2. The lowest BCUT2D eigenvalue weighted by molar-refractivity contribution is -0.214. The molecule has 1 unspecified atom stereocenters. The second-order valence-electron chi connectivity index (χ2n) is 2.82. The lowest BCUT2D eigenvalue weighted by atomic mass is 10.1. The molecule has 2 atom stereocenters.